The lowest BCUT2D eigenvalue weighted by Crippen LogP contribution is -2.33. The summed E-state index contributed by atoms with van der Waals surface area (Å²) in [6.45, 7) is 2.92. The fraction of sp³-hybridized carbons (Fsp3) is 0.400. The summed E-state index contributed by atoms with van der Waals surface area (Å²) in [6.07, 6.45) is 6.59. The Balaban J connectivity index is 1.57. The van der Waals surface area contributed by atoms with Crippen LogP contribution in [0.3, 0.4) is 0 Å². The predicted molar refractivity (Wildman–Crippen MR) is 98.2 cm³/mol. The summed E-state index contributed by atoms with van der Waals surface area (Å²) in [7, 11) is 2.05. The van der Waals surface area contributed by atoms with Crippen molar-refractivity contribution in [3.05, 3.63) is 54.6 Å². The van der Waals surface area contributed by atoms with Crippen LogP contribution in [0.25, 0.3) is 11.0 Å². The molecule has 3 heterocycles. The second-order valence-corrected chi connectivity index (χ2v) is 6.95. The maximum absolute atomic E-state index is 12.9. The molecule has 0 saturated carbocycles. The molecule has 1 aromatic carbocycles. The Morgan fingerprint density at radius 2 is 2.00 bits per heavy atom. The number of hydrogen-bond acceptors (Lipinski definition) is 2. The van der Waals surface area contributed by atoms with Crippen molar-refractivity contribution < 1.29 is 4.79 Å². The van der Waals surface area contributed by atoms with Gasteiger partial charge in [0.15, 0.2) is 0 Å². The molecule has 2 atom stereocenters. The maximum atomic E-state index is 12.9. The van der Waals surface area contributed by atoms with E-state index < -0.39 is 0 Å². The number of fused-ring (bicyclic) bond motifs is 1. The number of rotatable bonds is 4. The van der Waals surface area contributed by atoms with Crippen molar-refractivity contribution in [2.45, 2.75) is 38.3 Å². The van der Waals surface area contributed by atoms with Crippen LogP contribution in [0.15, 0.2) is 48.8 Å². The first kappa shape index (κ1) is 15.9. The van der Waals surface area contributed by atoms with Crippen molar-refractivity contribution in [2.24, 2.45) is 7.05 Å². The molecule has 25 heavy (non-hydrogen) atoms. The summed E-state index contributed by atoms with van der Waals surface area (Å²) in [5, 5.41) is 0. The molecule has 1 fully saturated rings. The summed E-state index contributed by atoms with van der Waals surface area (Å²) >= 11 is 0. The molecule has 2 unspecified atom stereocenters. The van der Waals surface area contributed by atoms with Crippen LogP contribution >= 0.6 is 0 Å². The Morgan fingerprint density at radius 3 is 2.76 bits per heavy atom. The van der Waals surface area contributed by atoms with E-state index in [0.717, 1.165) is 36.2 Å². The Labute approximate surface area is 147 Å². The Kier molecular flexibility index (Phi) is 4.07. The minimum absolute atomic E-state index is 0.0850. The standard InChI is InChI=1S/C20H24N4O/c1-15(23-11-5-6-12-23)14-19(25)24-13-7-10-18(24)20-21-16-8-3-4-9-17(16)22(20)2/h3-6,8-9,11-12,15,18H,7,10,13-14H2,1-2H3. The number of carbonyl (C=O) groups excluding carboxylic acids is 1. The molecule has 0 aliphatic carbocycles. The first-order chi connectivity index (χ1) is 12.1. The normalized spacial score (nSPS) is 18.8. The molecule has 2 aromatic heterocycles. The van der Waals surface area contributed by atoms with Crippen molar-refractivity contribution in [1.82, 2.24) is 19.0 Å². The first-order valence-electron chi connectivity index (χ1n) is 8.98. The summed E-state index contributed by atoms with van der Waals surface area (Å²) in [5.41, 5.74) is 2.12. The van der Waals surface area contributed by atoms with E-state index in [1.807, 2.05) is 54.7 Å². The van der Waals surface area contributed by atoms with Gasteiger partial charge in [0.05, 0.1) is 17.1 Å². The van der Waals surface area contributed by atoms with Crippen molar-refractivity contribution in [1.29, 1.82) is 0 Å². The molecule has 0 spiro atoms. The SMILES string of the molecule is CC(CC(=O)N1CCCC1c1nc2ccccc2n1C)n1cccc1. The minimum atomic E-state index is 0.0850. The zero-order chi connectivity index (χ0) is 17.4. The number of aromatic nitrogens is 3. The quantitative estimate of drug-likeness (QED) is 0.729. The predicted octanol–water partition coefficient (Wildman–Crippen LogP) is 3.69. The minimum Gasteiger partial charge on any atom is -0.351 e. The van der Waals surface area contributed by atoms with Gasteiger partial charge >= 0.3 is 0 Å². The molecule has 4 rings (SSSR count). The zero-order valence-electron chi connectivity index (χ0n) is 14.8. The van der Waals surface area contributed by atoms with Crippen molar-refractivity contribution in [2.75, 3.05) is 6.54 Å². The summed E-state index contributed by atoms with van der Waals surface area (Å²) < 4.78 is 4.24. The second-order valence-electron chi connectivity index (χ2n) is 6.95. The lowest BCUT2D eigenvalue weighted by atomic mass is 10.1. The van der Waals surface area contributed by atoms with E-state index in [2.05, 4.69) is 22.1 Å². The van der Waals surface area contributed by atoms with Gasteiger partial charge in [-0.25, -0.2) is 4.98 Å². The Hall–Kier alpha value is -2.56. The van der Waals surface area contributed by atoms with Gasteiger partial charge in [0, 0.05) is 38.4 Å². The number of aryl methyl sites for hydroxylation is 1. The molecule has 5 heteroatoms. The molecule has 1 aliphatic rings. The fourth-order valence-electron chi connectivity index (χ4n) is 3.91. The van der Waals surface area contributed by atoms with Crippen molar-refractivity contribution in [3.8, 4) is 0 Å². The van der Waals surface area contributed by atoms with Gasteiger partial charge < -0.3 is 14.0 Å². The number of likely N-dealkylation sites (tertiary alicyclic amines) is 1. The molecule has 1 amide bonds. The van der Waals surface area contributed by atoms with Crippen molar-refractivity contribution >= 4 is 16.9 Å². The number of hydrogen-bond donors (Lipinski definition) is 0. The fourth-order valence-corrected chi connectivity index (χ4v) is 3.91. The molecule has 5 nitrogen and oxygen atoms in total. The van der Waals surface area contributed by atoms with Crippen LogP contribution in [0.1, 0.15) is 44.1 Å². The second kappa shape index (κ2) is 6.39. The lowest BCUT2D eigenvalue weighted by molar-refractivity contribution is -0.133. The van der Waals surface area contributed by atoms with E-state index in [4.69, 9.17) is 4.98 Å². The molecule has 0 bridgehead atoms. The summed E-state index contributed by atoms with van der Waals surface area (Å²) in [5.74, 6) is 1.22. The average molecular weight is 336 g/mol. The highest BCUT2D eigenvalue weighted by molar-refractivity contribution is 5.78. The highest BCUT2D eigenvalue weighted by Gasteiger charge is 2.33. The highest BCUT2D eigenvalue weighted by atomic mass is 16.2. The number of amides is 1. The van der Waals surface area contributed by atoms with E-state index in [-0.39, 0.29) is 18.0 Å². The number of nitrogens with zero attached hydrogens (tertiary/aromatic N) is 4. The smallest absolute Gasteiger partial charge is 0.225 e. The Morgan fingerprint density at radius 1 is 1.24 bits per heavy atom. The van der Waals surface area contributed by atoms with E-state index in [0.29, 0.717) is 6.42 Å². The molecular formula is C20H24N4O. The van der Waals surface area contributed by atoms with Crippen LogP contribution in [0.2, 0.25) is 0 Å². The average Bonchev–Trinajstić information content (AvgIpc) is 3.35. The van der Waals surface area contributed by atoms with E-state index in [1.165, 1.54) is 0 Å². The molecule has 1 saturated heterocycles. The van der Waals surface area contributed by atoms with Crippen LogP contribution in [0.5, 0.6) is 0 Å². The molecular weight excluding hydrogens is 312 g/mol. The van der Waals surface area contributed by atoms with Gasteiger partial charge in [-0.15, -0.1) is 0 Å². The number of carbonyl (C=O) groups is 1. The third-order valence-electron chi connectivity index (χ3n) is 5.30. The van der Waals surface area contributed by atoms with E-state index in [9.17, 15) is 4.79 Å². The molecule has 0 N–H and O–H groups in total. The number of benzene rings is 1. The molecule has 0 radical (unpaired) electrons. The topological polar surface area (TPSA) is 43.1 Å². The van der Waals surface area contributed by atoms with Crippen LogP contribution in [-0.2, 0) is 11.8 Å². The summed E-state index contributed by atoms with van der Waals surface area (Å²) in [4.78, 5) is 19.8. The van der Waals surface area contributed by atoms with Gasteiger partial charge in [0.25, 0.3) is 0 Å². The molecule has 130 valence electrons. The van der Waals surface area contributed by atoms with Crippen LogP contribution in [0.4, 0.5) is 0 Å². The van der Waals surface area contributed by atoms with Gasteiger partial charge in [0.2, 0.25) is 5.91 Å². The van der Waals surface area contributed by atoms with Gasteiger partial charge in [-0.1, -0.05) is 12.1 Å². The van der Waals surface area contributed by atoms with Crippen LogP contribution in [-0.4, -0.2) is 31.5 Å². The monoisotopic (exact) mass is 336 g/mol. The number of imidazole rings is 1. The third-order valence-corrected chi connectivity index (χ3v) is 5.30. The lowest BCUT2D eigenvalue weighted by Gasteiger charge is -2.26. The zero-order valence-corrected chi connectivity index (χ0v) is 14.8. The van der Waals surface area contributed by atoms with E-state index in [1.54, 1.807) is 0 Å². The van der Waals surface area contributed by atoms with Crippen LogP contribution in [0, 0.1) is 0 Å². The van der Waals surface area contributed by atoms with Gasteiger partial charge in [0.1, 0.15) is 5.82 Å². The van der Waals surface area contributed by atoms with Crippen LogP contribution < -0.4 is 0 Å². The summed E-state index contributed by atoms with van der Waals surface area (Å²) in [6, 6.07) is 12.4. The van der Waals surface area contributed by atoms with Gasteiger partial charge in [-0.05, 0) is 44.0 Å². The van der Waals surface area contributed by atoms with Gasteiger partial charge in [-0.3, -0.25) is 4.79 Å². The first-order valence-corrected chi connectivity index (χ1v) is 8.98. The molecule has 3 aromatic rings. The van der Waals surface area contributed by atoms with Crippen molar-refractivity contribution in [3.63, 3.8) is 0 Å². The number of para-hydroxylation sites is 2. The molecule has 1 aliphatic heterocycles. The van der Waals surface area contributed by atoms with E-state index >= 15 is 0 Å². The largest absolute Gasteiger partial charge is 0.351 e. The third kappa shape index (κ3) is 2.84. The van der Waals surface area contributed by atoms with Gasteiger partial charge in [-0.2, -0.15) is 0 Å². The highest BCUT2D eigenvalue weighted by Crippen LogP contribution is 2.34. The Bertz CT molecular complexity index is 880. The maximum Gasteiger partial charge on any atom is 0.225 e.